The monoisotopic (exact) mass is 501 g/mol. The van der Waals surface area contributed by atoms with Gasteiger partial charge in [0, 0.05) is 18.4 Å². The number of hydrogen-bond acceptors (Lipinski definition) is 4. The zero-order chi connectivity index (χ0) is 26.5. The topological polar surface area (TPSA) is 89.6 Å². The van der Waals surface area contributed by atoms with Crippen molar-refractivity contribution in [3.8, 4) is 0 Å². The maximum absolute atomic E-state index is 12.8. The molecule has 36 heavy (non-hydrogen) atoms. The quantitative estimate of drug-likeness (QED) is 0.435. The molecule has 3 N–H and O–H groups in total. The van der Waals surface area contributed by atoms with Gasteiger partial charge in [-0.05, 0) is 117 Å². The van der Waals surface area contributed by atoms with Crippen LogP contribution in [-0.4, -0.2) is 29.2 Å². The predicted octanol–water partition coefficient (Wildman–Crippen LogP) is 6.43. The molecule has 0 amide bonds. The van der Waals surface area contributed by atoms with E-state index in [1.165, 1.54) is 19.3 Å². The average molecular weight is 502 g/mol. The number of carbonyl (C=O) groups is 2. The number of nitrogens with two attached hydrogens (primary N) is 1. The first-order valence-corrected chi connectivity index (χ1v) is 14.8. The van der Waals surface area contributed by atoms with Crippen LogP contribution in [0.2, 0.25) is 0 Å². The van der Waals surface area contributed by atoms with Gasteiger partial charge in [0.2, 0.25) is 0 Å². The van der Waals surface area contributed by atoms with Gasteiger partial charge in [-0.25, -0.2) is 0 Å². The SMILES string of the molecule is CC(=O)O[C@H]1CC[C@]2(C)[C@H]3CC[C@@H]4[C@H]5[C@H]([C@@H](C)N)CC[C@]5(C(=O)O)CC[C@@]4(C)[C@]3(C)CC[C@H]2C1(C)C. The maximum atomic E-state index is 12.8. The van der Waals surface area contributed by atoms with Crippen LogP contribution in [0.1, 0.15) is 113 Å². The number of rotatable bonds is 3. The summed E-state index contributed by atoms with van der Waals surface area (Å²) in [6.07, 6.45) is 10.4. The van der Waals surface area contributed by atoms with Crippen molar-refractivity contribution < 1.29 is 19.4 Å². The van der Waals surface area contributed by atoms with Gasteiger partial charge in [-0.3, -0.25) is 9.59 Å². The Kier molecular flexibility index (Phi) is 6.04. The second kappa shape index (κ2) is 8.20. The fourth-order valence-corrected chi connectivity index (χ4v) is 12.0. The van der Waals surface area contributed by atoms with Crippen molar-refractivity contribution in [1.82, 2.24) is 0 Å². The highest BCUT2D eigenvalue weighted by atomic mass is 16.5. The first kappa shape index (κ1) is 26.5. The molecule has 5 nitrogen and oxygen atoms in total. The lowest BCUT2D eigenvalue weighted by atomic mass is 9.32. The molecule has 0 aromatic rings. The van der Waals surface area contributed by atoms with E-state index < -0.39 is 11.4 Å². The Morgan fingerprint density at radius 3 is 2.17 bits per heavy atom. The molecule has 204 valence electrons. The van der Waals surface area contributed by atoms with Crippen molar-refractivity contribution in [3.63, 3.8) is 0 Å². The van der Waals surface area contributed by atoms with Crippen molar-refractivity contribution in [2.24, 2.45) is 62.4 Å². The lowest BCUT2D eigenvalue weighted by Crippen LogP contribution is -2.67. The third kappa shape index (κ3) is 3.22. The zero-order valence-electron chi connectivity index (χ0n) is 23.9. The molecular weight excluding hydrogens is 450 g/mol. The first-order chi connectivity index (χ1) is 16.6. The number of esters is 1. The number of aliphatic carboxylic acids is 1. The van der Waals surface area contributed by atoms with Crippen molar-refractivity contribution in [2.45, 2.75) is 125 Å². The lowest BCUT2D eigenvalue weighted by Gasteiger charge is -2.72. The fourth-order valence-electron chi connectivity index (χ4n) is 12.0. The average Bonchev–Trinajstić information content (AvgIpc) is 3.17. The number of carboxylic acid groups (broad SMARTS) is 1. The van der Waals surface area contributed by atoms with Gasteiger partial charge in [-0.15, -0.1) is 0 Å². The molecule has 5 fully saturated rings. The van der Waals surface area contributed by atoms with E-state index >= 15 is 0 Å². The number of carbonyl (C=O) groups excluding carboxylic acids is 1. The highest BCUT2D eigenvalue weighted by molar-refractivity contribution is 5.76. The van der Waals surface area contributed by atoms with Crippen LogP contribution in [-0.2, 0) is 14.3 Å². The minimum Gasteiger partial charge on any atom is -0.481 e. The van der Waals surface area contributed by atoms with Gasteiger partial charge in [-0.1, -0.05) is 34.6 Å². The Balaban J connectivity index is 1.52. The molecule has 0 radical (unpaired) electrons. The molecule has 0 saturated heterocycles. The van der Waals surface area contributed by atoms with Crippen LogP contribution in [0.15, 0.2) is 0 Å². The Labute approximate surface area is 218 Å². The van der Waals surface area contributed by atoms with E-state index in [4.69, 9.17) is 10.5 Å². The van der Waals surface area contributed by atoms with E-state index in [-0.39, 0.29) is 45.7 Å². The molecule has 5 heteroatoms. The normalized spacial score (nSPS) is 52.2. The molecule has 5 saturated carbocycles. The standard InChI is InChI=1S/C31H51NO4/c1-18(32)20-10-15-31(26(34)35)17-16-29(6)21(25(20)31)8-9-23-28(5)13-12-24(36-19(2)33)27(3,4)22(28)11-14-30(23,29)7/h18,20-25H,8-17,32H2,1-7H3,(H,34,35)/t18-,20+,21-,22+,23-,24+,25-,28+,29-,30-,31+/m1/s1. The van der Waals surface area contributed by atoms with E-state index in [0.717, 1.165) is 44.9 Å². The number of fused-ring (bicyclic) bond motifs is 7. The highest BCUT2D eigenvalue weighted by Crippen LogP contribution is 2.77. The van der Waals surface area contributed by atoms with Crippen LogP contribution in [0.25, 0.3) is 0 Å². The Morgan fingerprint density at radius 2 is 1.56 bits per heavy atom. The molecular formula is C31H51NO4. The predicted molar refractivity (Wildman–Crippen MR) is 141 cm³/mol. The summed E-state index contributed by atoms with van der Waals surface area (Å²) in [6, 6.07) is 0.0507. The van der Waals surface area contributed by atoms with E-state index in [1.54, 1.807) is 6.92 Å². The molecule has 0 aromatic carbocycles. The molecule has 0 unspecified atom stereocenters. The zero-order valence-corrected chi connectivity index (χ0v) is 23.9. The van der Waals surface area contributed by atoms with Gasteiger partial charge in [0.15, 0.2) is 0 Å². The Morgan fingerprint density at radius 1 is 0.861 bits per heavy atom. The summed E-state index contributed by atoms with van der Waals surface area (Å²) in [5.41, 5.74) is 6.50. The van der Waals surface area contributed by atoms with Gasteiger partial charge in [0.25, 0.3) is 0 Å². The highest BCUT2D eigenvalue weighted by Gasteiger charge is 2.72. The molecule has 0 aromatic heterocycles. The van der Waals surface area contributed by atoms with Gasteiger partial charge < -0.3 is 15.6 Å². The summed E-state index contributed by atoms with van der Waals surface area (Å²) < 4.78 is 5.88. The molecule has 5 rings (SSSR count). The van der Waals surface area contributed by atoms with Crippen LogP contribution < -0.4 is 5.73 Å². The molecule has 0 bridgehead atoms. The third-order valence-electron chi connectivity index (χ3n) is 13.8. The summed E-state index contributed by atoms with van der Waals surface area (Å²) >= 11 is 0. The van der Waals surface area contributed by atoms with Gasteiger partial charge in [0.1, 0.15) is 6.10 Å². The number of ether oxygens (including phenoxy) is 1. The molecule has 5 aliphatic carbocycles. The third-order valence-corrected chi connectivity index (χ3v) is 13.8. The largest absolute Gasteiger partial charge is 0.481 e. The van der Waals surface area contributed by atoms with Crippen LogP contribution in [0.3, 0.4) is 0 Å². The van der Waals surface area contributed by atoms with Gasteiger partial charge >= 0.3 is 11.9 Å². The minimum atomic E-state index is -0.573. The summed E-state index contributed by atoms with van der Waals surface area (Å²) in [7, 11) is 0. The van der Waals surface area contributed by atoms with E-state index in [9.17, 15) is 14.7 Å². The second-order valence-corrected chi connectivity index (χ2v) is 15.2. The van der Waals surface area contributed by atoms with E-state index in [0.29, 0.717) is 23.7 Å². The van der Waals surface area contributed by atoms with Crippen LogP contribution in [0, 0.1) is 56.7 Å². The molecule has 11 atom stereocenters. The smallest absolute Gasteiger partial charge is 0.309 e. The molecule has 0 spiro atoms. The first-order valence-electron chi connectivity index (χ1n) is 14.8. The number of carboxylic acids is 1. The Bertz CT molecular complexity index is 930. The Hall–Kier alpha value is -1.10. The van der Waals surface area contributed by atoms with Crippen LogP contribution >= 0.6 is 0 Å². The van der Waals surface area contributed by atoms with Gasteiger partial charge in [-0.2, -0.15) is 0 Å². The van der Waals surface area contributed by atoms with Crippen molar-refractivity contribution in [2.75, 3.05) is 0 Å². The summed E-state index contributed by atoms with van der Waals surface area (Å²) in [6.45, 7) is 16.0. The summed E-state index contributed by atoms with van der Waals surface area (Å²) in [5, 5.41) is 10.5. The maximum Gasteiger partial charge on any atom is 0.309 e. The van der Waals surface area contributed by atoms with E-state index in [1.807, 2.05) is 0 Å². The number of hydrogen-bond donors (Lipinski definition) is 2. The fraction of sp³-hybridized carbons (Fsp3) is 0.935. The van der Waals surface area contributed by atoms with Crippen molar-refractivity contribution in [1.29, 1.82) is 0 Å². The van der Waals surface area contributed by atoms with Crippen LogP contribution in [0.5, 0.6) is 0 Å². The van der Waals surface area contributed by atoms with Crippen molar-refractivity contribution >= 4 is 11.9 Å². The molecule has 0 aliphatic heterocycles. The summed E-state index contributed by atoms with van der Waals surface area (Å²) in [5.74, 6) is 1.39. The second-order valence-electron chi connectivity index (χ2n) is 15.2. The van der Waals surface area contributed by atoms with Crippen molar-refractivity contribution in [3.05, 3.63) is 0 Å². The van der Waals surface area contributed by atoms with E-state index in [2.05, 4.69) is 41.5 Å². The minimum absolute atomic E-state index is 0.000472. The summed E-state index contributed by atoms with van der Waals surface area (Å²) in [4.78, 5) is 24.7. The van der Waals surface area contributed by atoms with Gasteiger partial charge in [0.05, 0.1) is 5.41 Å². The molecule has 5 aliphatic rings. The molecule has 0 heterocycles. The van der Waals surface area contributed by atoms with Crippen LogP contribution in [0.4, 0.5) is 0 Å². The lowest BCUT2D eigenvalue weighted by molar-refractivity contribution is -0.251.